The van der Waals surface area contributed by atoms with Crippen LogP contribution < -0.4 is 0 Å². The van der Waals surface area contributed by atoms with Gasteiger partial charge in [0.1, 0.15) is 0 Å². The van der Waals surface area contributed by atoms with Gasteiger partial charge in [-0.1, -0.05) is 19.8 Å². The summed E-state index contributed by atoms with van der Waals surface area (Å²) in [4.78, 5) is 0. The van der Waals surface area contributed by atoms with Crippen LogP contribution in [0.3, 0.4) is 0 Å². The van der Waals surface area contributed by atoms with Crippen molar-refractivity contribution in [3.8, 4) is 0 Å². The van der Waals surface area contributed by atoms with Gasteiger partial charge >= 0.3 is 0 Å². The lowest BCUT2D eigenvalue weighted by atomic mass is 9.88. The Morgan fingerprint density at radius 1 is 1.29 bits per heavy atom. The van der Waals surface area contributed by atoms with Crippen molar-refractivity contribution in [2.45, 2.75) is 59.4 Å². The molecule has 17 heavy (non-hydrogen) atoms. The number of hydrogen-bond acceptors (Lipinski definition) is 2. The van der Waals surface area contributed by atoms with Crippen LogP contribution in [0.2, 0.25) is 0 Å². The Hall–Kier alpha value is -0.440. The fourth-order valence-electron chi connectivity index (χ4n) is 3.21. The highest BCUT2D eigenvalue weighted by Crippen LogP contribution is 2.40. The van der Waals surface area contributed by atoms with Crippen molar-refractivity contribution in [2.24, 2.45) is 5.41 Å². The molecule has 0 N–H and O–H groups in total. The van der Waals surface area contributed by atoms with Gasteiger partial charge < -0.3 is 0 Å². The maximum absolute atomic E-state index is 4.72. The summed E-state index contributed by atoms with van der Waals surface area (Å²) in [5.74, 6) is 0.993. The average Bonchev–Trinajstić information content (AvgIpc) is 2.87. The van der Waals surface area contributed by atoms with Crippen LogP contribution in [-0.4, -0.2) is 15.5 Å². The second-order valence-corrected chi connectivity index (χ2v) is 5.84. The standard InChI is InChI=1S/C14H24N2S/c1-4-13-11(2)15-16(12(13)3)9-14(10-17)7-5-6-8-14/h17H,4-10H2,1-3H3. The molecule has 96 valence electrons. The average molecular weight is 252 g/mol. The number of thiol groups is 1. The monoisotopic (exact) mass is 252 g/mol. The SMILES string of the molecule is CCc1c(C)nn(CC2(CS)CCCC2)c1C. The third-order valence-corrected chi connectivity index (χ3v) is 5.04. The molecule has 1 aromatic heterocycles. The lowest BCUT2D eigenvalue weighted by molar-refractivity contribution is 0.273. The molecule has 0 radical (unpaired) electrons. The van der Waals surface area contributed by atoms with E-state index < -0.39 is 0 Å². The van der Waals surface area contributed by atoms with E-state index in [9.17, 15) is 0 Å². The Bertz CT molecular complexity index is 389. The predicted octanol–water partition coefficient (Wildman–Crippen LogP) is 3.55. The summed E-state index contributed by atoms with van der Waals surface area (Å²) >= 11 is 4.58. The predicted molar refractivity (Wildman–Crippen MR) is 75.8 cm³/mol. The topological polar surface area (TPSA) is 17.8 Å². The number of aryl methyl sites for hydroxylation is 1. The summed E-state index contributed by atoms with van der Waals surface area (Å²) in [6, 6.07) is 0. The molecule has 2 nitrogen and oxygen atoms in total. The van der Waals surface area contributed by atoms with E-state index in [4.69, 9.17) is 5.10 Å². The van der Waals surface area contributed by atoms with E-state index in [1.165, 1.54) is 42.6 Å². The largest absolute Gasteiger partial charge is 0.269 e. The van der Waals surface area contributed by atoms with Crippen LogP contribution >= 0.6 is 12.6 Å². The summed E-state index contributed by atoms with van der Waals surface area (Å²) in [7, 11) is 0. The third kappa shape index (κ3) is 2.40. The maximum Gasteiger partial charge on any atom is 0.0628 e. The van der Waals surface area contributed by atoms with Crippen LogP contribution in [0.5, 0.6) is 0 Å². The van der Waals surface area contributed by atoms with E-state index in [1.54, 1.807) is 0 Å². The van der Waals surface area contributed by atoms with Crippen molar-refractivity contribution < 1.29 is 0 Å². The molecule has 1 aromatic rings. The van der Waals surface area contributed by atoms with E-state index in [1.807, 2.05) is 0 Å². The summed E-state index contributed by atoms with van der Waals surface area (Å²) in [6.07, 6.45) is 6.44. The van der Waals surface area contributed by atoms with Crippen molar-refractivity contribution >= 4 is 12.6 Å². The second-order valence-electron chi connectivity index (χ2n) is 5.53. The van der Waals surface area contributed by atoms with Gasteiger partial charge in [0.2, 0.25) is 0 Å². The minimum atomic E-state index is 0.400. The molecule has 3 heteroatoms. The van der Waals surface area contributed by atoms with Gasteiger partial charge in [-0.15, -0.1) is 0 Å². The fourth-order valence-corrected chi connectivity index (χ4v) is 3.62. The van der Waals surface area contributed by atoms with E-state index in [2.05, 4.69) is 38.1 Å². The lowest BCUT2D eigenvalue weighted by Gasteiger charge is -2.27. The highest BCUT2D eigenvalue weighted by molar-refractivity contribution is 7.80. The first-order valence-corrected chi connectivity index (χ1v) is 7.39. The normalized spacial score (nSPS) is 18.8. The van der Waals surface area contributed by atoms with Gasteiger partial charge in [0, 0.05) is 12.2 Å². The fraction of sp³-hybridized carbons (Fsp3) is 0.786. The summed E-state index contributed by atoms with van der Waals surface area (Å²) in [5, 5.41) is 4.72. The molecule has 0 unspecified atom stereocenters. The van der Waals surface area contributed by atoms with Crippen LogP contribution in [0.25, 0.3) is 0 Å². The van der Waals surface area contributed by atoms with Crippen molar-refractivity contribution in [3.63, 3.8) is 0 Å². The Morgan fingerprint density at radius 3 is 2.41 bits per heavy atom. The molecule has 0 aliphatic heterocycles. The number of hydrogen-bond donors (Lipinski definition) is 1. The number of aromatic nitrogens is 2. The van der Waals surface area contributed by atoms with Crippen LogP contribution in [-0.2, 0) is 13.0 Å². The van der Waals surface area contributed by atoms with Gasteiger partial charge in [0.25, 0.3) is 0 Å². The molecule has 1 aliphatic rings. The molecular weight excluding hydrogens is 228 g/mol. The third-order valence-electron chi connectivity index (χ3n) is 4.37. The van der Waals surface area contributed by atoms with E-state index >= 15 is 0 Å². The minimum absolute atomic E-state index is 0.400. The Balaban J connectivity index is 2.23. The molecule has 1 fully saturated rings. The van der Waals surface area contributed by atoms with Crippen LogP contribution in [0.15, 0.2) is 0 Å². The van der Waals surface area contributed by atoms with Crippen molar-refractivity contribution in [3.05, 3.63) is 17.0 Å². The number of nitrogens with zero attached hydrogens (tertiary/aromatic N) is 2. The smallest absolute Gasteiger partial charge is 0.0628 e. The summed E-state index contributed by atoms with van der Waals surface area (Å²) < 4.78 is 2.23. The lowest BCUT2D eigenvalue weighted by Crippen LogP contribution is -2.26. The van der Waals surface area contributed by atoms with E-state index in [0.717, 1.165) is 18.7 Å². The first-order chi connectivity index (χ1) is 8.12. The van der Waals surface area contributed by atoms with Gasteiger partial charge in [-0.05, 0) is 49.8 Å². The molecule has 0 spiro atoms. The van der Waals surface area contributed by atoms with E-state index in [-0.39, 0.29) is 0 Å². The molecule has 2 rings (SSSR count). The molecule has 0 saturated heterocycles. The van der Waals surface area contributed by atoms with Crippen molar-refractivity contribution in [1.29, 1.82) is 0 Å². The van der Waals surface area contributed by atoms with E-state index in [0.29, 0.717) is 5.41 Å². The molecular formula is C14H24N2S. The summed E-state index contributed by atoms with van der Waals surface area (Å²) in [6.45, 7) is 7.61. The molecule has 0 aromatic carbocycles. The van der Waals surface area contributed by atoms with Crippen LogP contribution in [0.4, 0.5) is 0 Å². The molecule has 1 aliphatic carbocycles. The zero-order valence-electron chi connectivity index (χ0n) is 11.3. The molecule has 1 heterocycles. The van der Waals surface area contributed by atoms with Crippen molar-refractivity contribution in [2.75, 3.05) is 5.75 Å². The zero-order valence-corrected chi connectivity index (χ0v) is 12.2. The van der Waals surface area contributed by atoms with Gasteiger partial charge in [0.15, 0.2) is 0 Å². The van der Waals surface area contributed by atoms with Crippen LogP contribution in [0.1, 0.15) is 49.6 Å². The van der Waals surface area contributed by atoms with Gasteiger partial charge in [0.05, 0.1) is 5.69 Å². The summed E-state index contributed by atoms with van der Waals surface area (Å²) in [5.41, 5.74) is 4.39. The minimum Gasteiger partial charge on any atom is -0.269 e. The first-order valence-electron chi connectivity index (χ1n) is 6.75. The maximum atomic E-state index is 4.72. The zero-order chi connectivity index (χ0) is 12.5. The molecule has 0 atom stereocenters. The first kappa shape index (κ1) is 13.0. The second kappa shape index (κ2) is 5.05. The van der Waals surface area contributed by atoms with Crippen molar-refractivity contribution in [1.82, 2.24) is 9.78 Å². The van der Waals surface area contributed by atoms with Gasteiger partial charge in [-0.25, -0.2) is 0 Å². The quantitative estimate of drug-likeness (QED) is 0.811. The van der Waals surface area contributed by atoms with Crippen LogP contribution in [0, 0.1) is 19.3 Å². The Labute approximate surface area is 110 Å². The molecule has 0 bridgehead atoms. The Kier molecular flexibility index (Phi) is 3.86. The van der Waals surface area contributed by atoms with Gasteiger partial charge in [-0.2, -0.15) is 17.7 Å². The molecule has 0 amide bonds. The van der Waals surface area contributed by atoms with Gasteiger partial charge in [-0.3, -0.25) is 4.68 Å². The molecule has 1 saturated carbocycles. The highest BCUT2D eigenvalue weighted by Gasteiger charge is 2.33. The Morgan fingerprint density at radius 2 is 1.94 bits per heavy atom. The highest BCUT2D eigenvalue weighted by atomic mass is 32.1. The number of rotatable bonds is 4.